The lowest BCUT2D eigenvalue weighted by Crippen LogP contribution is -2.29. The van der Waals surface area contributed by atoms with Crippen LogP contribution in [0.2, 0.25) is 5.02 Å². The molecule has 0 bridgehead atoms. The molecule has 0 fully saturated rings. The molecule has 0 aromatic carbocycles. The quantitative estimate of drug-likeness (QED) is 0.692. The number of hydrogen-bond acceptors (Lipinski definition) is 4. The molecule has 1 aromatic rings. The zero-order valence-electron chi connectivity index (χ0n) is 10.4. The average Bonchev–Trinajstić information content (AvgIpc) is 2.37. The number of aromatic nitrogens is 1. The summed E-state index contributed by atoms with van der Waals surface area (Å²) in [4.78, 5) is 15.3. The summed E-state index contributed by atoms with van der Waals surface area (Å²) >= 11 is 5.95. The molecule has 100 valence electrons. The Morgan fingerprint density at radius 3 is 3.06 bits per heavy atom. The van der Waals surface area contributed by atoms with Crippen LogP contribution in [-0.4, -0.2) is 37.7 Å². The van der Waals surface area contributed by atoms with Crippen LogP contribution in [0.4, 0.5) is 0 Å². The third kappa shape index (κ3) is 5.95. The fraction of sp³-hybridized carbons (Fsp3) is 0.500. The van der Waals surface area contributed by atoms with Gasteiger partial charge in [-0.25, -0.2) is 0 Å². The number of halogens is 1. The Morgan fingerprint density at radius 2 is 2.33 bits per heavy atom. The van der Waals surface area contributed by atoms with E-state index in [4.69, 9.17) is 16.3 Å². The monoisotopic (exact) mass is 271 g/mol. The van der Waals surface area contributed by atoms with E-state index < -0.39 is 0 Å². The topological polar surface area (TPSA) is 63.2 Å². The van der Waals surface area contributed by atoms with Crippen LogP contribution in [0.25, 0.3) is 0 Å². The van der Waals surface area contributed by atoms with Gasteiger partial charge in [-0.2, -0.15) is 0 Å². The Balaban J connectivity index is 2.12. The first-order valence-electron chi connectivity index (χ1n) is 5.78. The SMILES string of the molecule is COCCNC(=O)CCNCc1ccncc1Cl. The summed E-state index contributed by atoms with van der Waals surface area (Å²) in [6.07, 6.45) is 3.74. The molecule has 18 heavy (non-hydrogen) atoms. The molecule has 0 saturated heterocycles. The molecular formula is C12H18ClN3O2. The van der Waals surface area contributed by atoms with E-state index in [0.29, 0.717) is 37.7 Å². The molecular weight excluding hydrogens is 254 g/mol. The van der Waals surface area contributed by atoms with E-state index in [9.17, 15) is 4.79 Å². The molecule has 6 heteroatoms. The largest absolute Gasteiger partial charge is 0.383 e. The van der Waals surface area contributed by atoms with Crippen molar-refractivity contribution in [2.45, 2.75) is 13.0 Å². The molecule has 1 heterocycles. The number of nitrogens with one attached hydrogen (secondary N) is 2. The zero-order chi connectivity index (χ0) is 13.2. The van der Waals surface area contributed by atoms with Gasteiger partial charge in [-0.1, -0.05) is 11.6 Å². The van der Waals surface area contributed by atoms with Gasteiger partial charge in [0.05, 0.1) is 11.6 Å². The molecule has 0 aliphatic heterocycles. The second-order valence-corrected chi connectivity index (χ2v) is 4.14. The average molecular weight is 272 g/mol. The fourth-order valence-corrected chi connectivity index (χ4v) is 1.54. The van der Waals surface area contributed by atoms with Crippen molar-refractivity contribution in [3.8, 4) is 0 Å². The highest BCUT2D eigenvalue weighted by molar-refractivity contribution is 6.31. The highest BCUT2D eigenvalue weighted by Crippen LogP contribution is 2.12. The van der Waals surface area contributed by atoms with Crippen molar-refractivity contribution >= 4 is 17.5 Å². The molecule has 0 unspecified atom stereocenters. The summed E-state index contributed by atoms with van der Waals surface area (Å²) in [5.74, 6) is 0.0142. The van der Waals surface area contributed by atoms with Crippen LogP contribution in [-0.2, 0) is 16.1 Å². The van der Waals surface area contributed by atoms with E-state index >= 15 is 0 Å². The first-order chi connectivity index (χ1) is 8.74. The van der Waals surface area contributed by atoms with E-state index in [1.54, 1.807) is 19.5 Å². The van der Waals surface area contributed by atoms with Gasteiger partial charge in [0.2, 0.25) is 5.91 Å². The minimum atomic E-state index is 0.0142. The van der Waals surface area contributed by atoms with Crippen LogP contribution >= 0.6 is 11.6 Å². The van der Waals surface area contributed by atoms with Crippen molar-refractivity contribution in [1.82, 2.24) is 15.6 Å². The third-order valence-corrected chi connectivity index (χ3v) is 2.67. The van der Waals surface area contributed by atoms with Crippen molar-refractivity contribution < 1.29 is 9.53 Å². The van der Waals surface area contributed by atoms with E-state index in [1.165, 1.54) is 0 Å². The number of nitrogens with zero attached hydrogens (tertiary/aromatic N) is 1. The summed E-state index contributed by atoms with van der Waals surface area (Å²) in [6.45, 7) is 2.32. The maximum Gasteiger partial charge on any atom is 0.221 e. The number of pyridine rings is 1. The molecule has 1 rings (SSSR count). The molecule has 0 aliphatic carbocycles. The number of carbonyl (C=O) groups is 1. The minimum Gasteiger partial charge on any atom is -0.383 e. The smallest absolute Gasteiger partial charge is 0.221 e. The van der Waals surface area contributed by atoms with E-state index in [1.807, 2.05) is 6.07 Å². The Kier molecular flexibility index (Phi) is 7.32. The van der Waals surface area contributed by atoms with E-state index in [-0.39, 0.29) is 5.91 Å². The van der Waals surface area contributed by atoms with Gasteiger partial charge >= 0.3 is 0 Å². The second-order valence-electron chi connectivity index (χ2n) is 3.74. The van der Waals surface area contributed by atoms with Gasteiger partial charge in [-0.15, -0.1) is 0 Å². The first kappa shape index (κ1) is 14.9. The third-order valence-electron chi connectivity index (χ3n) is 2.33. The fourth-order valence-electron chi connectivity index (χ4n) is 1.35. The van der Waals surface area contributed by atoms with Crippen LogP contribution < -0.4 is 10.6 Å². The summed E-state index contributed by atoms with van der Waals surface area (Å²) < 4.78 is 4.84. The molecule has 0 spiro atoms. The Morgan fingerprint density at radius 1 is 1.50 bits per heavy atom. The Hall–Kier alpha value is -1.17. The predicted molar refractivity (Wildman–Crippen MR) is 70.5 cm³/mol. The predicted octanol–water partition coefficient (Wildman–Crippen LogP) is 0.977. The van der Waals surface area contributed by atoms with Crippen molar-refractivity contribution in [2.75, 3.05) is 26.8 Å². The van der Waals surface area contributed by atoms with Gasteiger partial charge in [-0.05, 0) is 11.6 Å². The summed E-state index contributed by atoms with van der Waals surface area (Å²) in [5.41, 5.74) is 0.978. The van der Waals surface area contributed by atoms with Crippen LogP contribution in [0.5, 0.6) is 0 Å². The zero-order valence-corrected chi connectivity index (χ0v) is 11.2. The maximum absolute atomic E-state index is 11.4. The van der Waals surface area contributed by atoms with Gasteiger partial charge in [-0.3, -0.25) is 9.78 Å². The molecule has 0 aliphatic rings. The van der Waals surface area contributed by atoms with Gasteiger partial charge in [0.25, 0.3) is 0 Å². The number of hydrogen-bond donors (Lipinski definition) is 2. The summed E-state index contributed by atoms with van der Waals surface area (Å²) in [7, 11) is 1.60. The molecule has 0 radical (unpaired) electrons. The summed E-state index contributed by atoms with van der Waals surface area (Å²) in [6, 6.07) is 1.86. The van der Waals surface area contributed by atoms with Gasteiger partial charge in [0.15, 0.2) is 0 Å². The van der Waals surface area contributed by atoms with Crippen LogP contribution in [0.15, 0.2) is 18.5 Å². The normalized spacial score (nSPS) is 10.3. The first-order valence-corrected chi connectivity index (χ1v) is 6.16. The molecule has 1 aromatic heterocycles. The number of amides is 1. The summed E-state index contributed by atoms with van der Waals surface area (Å²) in [5, 5.41) is 6.55. The Bertz CT molecular complexity index is 374. The standard InChI is InChI=1S/C12H18ClN3O2/c1-18-7-6-16-12(17)3-5-14-8-10-2-4-15-9-11(10)13/h2,4,9,14H,3,5-8H2,1H3,(H,16,17). The number of rotatable bonds is 8. The van der Waals surface area contributed by atoms with Crippen LogP contribution in [0.1, 0.15) is 12.0 Å². The van der Waals surface area contributed by atoms with E-state index in [2.05, 4.69) is 15.6 Å². The van der Waals surface area contributed by atoms with Crippen molar-refractivity contribution in [3.05, 3.63) is 29.0 Å². The lowest BCUT2D eigenvalue weighted by atomic mass is 10.2. The van der Waals surface area contributed by atoms with E-state index in [0.717, 1.165) is 5.56 Å². The lowest BCUT2D eigenvalue weighted by Gasteiger charge is -2.07. The van der Waals surface area contributed by atoms with Crippen molar-refractivity contribution in [2.24, 2.45) is 0 Å². The van der Waals surface area contributed by atoms with Gasteiger partial charge in [0.1, 0.15) is 0 Å². The Labute approximate surface area is 112 Å². The number of carbonyl (C=O) groups excluding carboxylic acids is 1. The van der Waals surface area contributed by atoms with Crippen molar-refractivity contribution in [1.29, 1.82) is 0 Å². The molecule has 1 amide bonds. The van der Waals surface area contributed by atoms with Gasteiger partial charge < -0.3 is 15.4 Å². The minimum absolute atomic E-state index is 0.0142. The number of methoxy groups -OCH3 is 1. The number of ether oxygens (including phenoxy) is 1. The highest BCUT2D eigenvalue weighted by Gasteiger charge is 2.01. The molecule has 0 atom stereocenters. The van der Waals surface area contributed by atoms with Crippen molar-refractivity contribution in [3.63, 3.8) is 0 Å². The molecule has 0 saturated carbocycles. The molecule has 2 N–H and O–H groups in total. The van der Waals surface area contributed by atoms with Crippen LogP contribution in [0.3, 0.4) is 0 Å². The van der Waals surface area contributed by atoms with Gasteiger partial charge in [0, 0.05) is 45.6 Å². The maximum atomic E-state index is 11.4. The second kappa shape index (κ2) is 8.85. The van der Waals surface area contributed by atoms with Crippen LogP contribution in [0, 0.1) is 0 Å². The lowest BCUT2D eigenvalue weighted by molar-refractivity contribution is -0.121. The molecule has 5 nitrogen and oxygen atoms in total. The highest BCUT2D eigenvalue weighted by atomic mass is 35.5.